The molecule has 0 saturated heterocycles. The van der Waals surface area contributed by atoms with E-state index < -0.39 is 97.5 Å². The number of rotatable bonds is 71. The minimum atomic E-state index is -4.95. The lowest BCUT2D eigenvalue weighted by Crippen LogP contribution is -2.30. The van der Waals surface area contributed by atoms with Gasteiger partial charge in [0.15, 0.2) is 12.2 Å². The van der Waals surface area contributed by atoms with Gasteiger partial charge in [-0.3, -0.25) is 37.3 Å². The number of phosphoric acid groups is 2. The first kappa shape index (κ1) is 90.1. The fraction of sp³-hybridized carbons (Fsp3) is 0.945. The number of unbranched alkanes of at least 4 members (excludes halogenated alkanes) is 39. The Kier molecular flexibility index (Phi) is 62.4. The Hall–Kier alpha value is -1.94. The number of carbonyl (C=O) groups is 4. The number of aliphatic hydroxyl groups excluding tert-OH is 1. The van der Waals surface area contributed by atoms with Gasteiger partial charge in [-0.05, 0) is 43.4 Å². The second-order valence-corrected chi connectivity index (χ2v) is 30.7. The number of ether oxygens (including phenoxy) is 4. The van der Waals surface area contributed by atoms with Gasteiger partial charge in [-0.25, -0.2) is 9.13 Å². The van der Waals surface area contributed by atoms with E-state index in [1.54, 1.807) is 0 Å². The number of esters is 4. The lowest BCUT2D eigenvalue weighted by molar-refractivity contribution is -0.161. The van der Waals surface area contributed by atoms with Crippen molar-refractivity contribution in [1.82, 2.24) is 0 Å². The fourth-order valence-electron chi connectivity index (χ4n) is 11.1. The Morgan fingerprint density at radius 1 is 0.293 bits per heavy atom. The summed E-state index contributed by atoms with van der Waals surface area (Å²) in [6.07, 6.45) is 48.5. The van der Waals surface area contributed by atoms with Gasteiger partial charge >= 0.3 is 39.5 Å². The molecule has 0 aliphatic rings. The van der Waals surface area contributed by atoms with E-state index in [1.807, 2.05) is 0 Å². The van der Waals surface area contributed by atoms with E-state index in [2.05, 4.69) is 48.5 Å². The first-order valence-corrected chi connectivity index (χ1v) is 40.8. The molecule has 3 N–H and O–H groups in total. The highest BCUT2D eigenvalue weighted by Gasteiger charge is 2.30. The van der Waals surface area contributed by atoms with Gasteiger partial charge in [-0.1, -0.05) is 318 Å². The summed E-state index contributed by atoms with van der Waals surface area (Å²) in [5.41, 5.74) is 0. The summed E-state index contributed by atoms with van der Waals surface area (Å²) in [4.78, 5) is 72.7. The topological polar surface area (TPSA) is 237 Å². The monoisotopic (exact) mass is 1350 g/mol. The van der Waals surface area contributed by atoms with Crippen molar-refractivity contribution in [2.24, 2.45) is 17.8 Å². The maximum atomic E-state index is 13.1. The Labute approximate surface area is 562 Å². The molecule has 0 aromatic rings. The van der Waals surface area contributed by atoms with Crippen molar-refractivity contribution in [1.29, 1.82) is 0 Å². The van der Waals surface area contributed by atoms with Crippen molar-refractivity contribution in [2.75, 3.05) is 39.6 Å². The molecule has 0 aliphatic heterocycles. The molecule has 0 aromatic heterocycles. The van der Waals surface area contributed by atoms with E-state index in [0.29, 0.717) is 25.7 Å². The Morgan fingerprint density at radius 2 is 0.500 bits per heavy atom. The van der Waals surface area contributed by atoms with Crippen LogP contribution in [0.4, 0.5) is 0 Å². The molecule has 546 valence electrons. The van der Waals surface area contributed by atoms with Gasteiger partial charge in [-0.2, -0.15) is 0 Å². The van der Waals surface area contributed by atoms with Gasteiger partial charge in [-0.15, -0.1) is 0 Å². The molecule has 0 aromatic carbocycles. The first-order valence-electron chi connectivity index (χ1n) is 37.8. The average molecular weight is 1350 g/mol. The Balaban J connectivity index is 5.26. The van der Waals surface area contributed by atoms with Crippen LogP contribution in [-0.2, 0) is 65.4 Å². The molecule has 0 radical (unpaired) electrons. The Bertz CT molecular complexity index is 1800. The lowest BCUT2D eigenvalue weighted by atomic mass is 10.0. The predicted octanol–water partition coefficient (Wildman–Crippen LogP) is 21.0. The highest BCUT2D eigenvalue weighted by atomic mass is 31.2. The van der Waals surface area contributed by atoms with Crippen LogP contribution in [0.15, 0.2) is 0 Å². The standard InChI is InChI=1S/C73H142O17P2/c1-8-9-10-11-12-13-17-26-33-40-47-54-70(75)83-61-69(90-73(78)57-50-43-36-29-22-25-32-39-46-53-66(6)7)63-88-92(81,82)86-59-67(74)58-85-91(79,80)87-62-68(60-84-71(76)55-48-41-34-27-21-20-24-31-38-45-52-65(4)5)89-72(77)56-49-42-35-28-19-16-14-15-18-23-30-37-44-51-64(2)3/h64-69,74H,8-63H2,1-7H3,(H,79,80)(H,81,82)/t67-,68-,69-/m1/s1. The predicted molar refractivity (Wildman–Crippen MR) is 372 cm³/mol. The summed E-state index contributed by atoms with van der Waals surface area (Å²) < 4.78 is 68.4. The van der Waals surface area contributed by atoms with Crippen LogP contribution >= 0.6 is 15.6 Å². The SMILES string of the molecule is CCCCCCCCCCCCCC(=O)OC[C@H](COP(=O)(O)OC[C@H](O)COP(=O)(O)OC[C@@H](COC(=O)CCCCCCCCCCCCC(C)C)OC(=O)CCCCCCCCCCCCCCCC(C)C)OC(=O)CCCCCCCCCCCC(C)C. The molecule has 0 fully saturated rings. The second kappa shape index (κ2) is 63.8. The molecule has 0 aliphatic carbocycles. The van der Waals surface area contributed by atoms with Crippen LogP contribution in [0.5, 0.6) is 0 Å². The third-order valence-electron chi connectivity index (χ3n) is 16.9. The number of hydrogen-bond donors (Lipinski definition) is 3. The van der Waals surface area contributed by atoms with E-state index in [-0.39, 0.29) is 25.7 Å². The number of hydrogen-bond acceptors (Lipinski definition) is 15. The summed E-state index contributed by atoms with van der Waals surface area (Å²) in [5.74, 6) is 0.160. The van der Waals surface area contributed by atoms with Crippen LogP contribution in [0.3, 0.4) is 0 Å². The van der Waals surface area contributed by atoms with Crippen molar-refractivity contribution in [3.8, 4) is 0 Å². The lowest BCUT2D eigenvalue weighted by Gasteiger charge is -2.21. The van der Waals surface area contributed by atoms with Gasteiger partial charge in [0.2, 0.25) is 0 Å². The van der Waals surface area contributed by atoms with Crippen LogP contribution in [0, 0.1) is 17.8 Å². The molecule has 5 atom stereocenters. The third kappa shape index (κ3) is 66.7. The molecule has 0 saturated carbocycles. The highest BCUT2D eigenvalue weighted by molar-refractivity contribution is 7.47. The first-order chi connectivity index (χ1) is 44.2. The molecule has 0 bridgehead atoms. The van der Waals surface area contributed by atoms with Crippen molar-refractivity contribution in [2.45, 2.75) is 388 Å². The van der Waals surface area contributed by atoms with Gasteiger partial charge in [0.05, 0.1) is 26.4 Å². The quantitative estimate of drug-likeness (QED) is 0.0222. The van der Waals surface area contributed by atoms with Gasteiger partial charge in [0.25, 0.3) is 0 Å². The zero-order valence-electron chi connectivity index (χ0n) is 60.0. The minimum Gasteiger partial charge on any atom is -0.462 e. The number of aliphatic hydroxyl groups is 1. The summed E-state index contributed by atoms with van der Waals surface area (Å²) in [5, 5.41) is 10.6. The normalized spacial score (nSPS) is 14.1. The maximum absolute atomic E-state index is 13.1. The van der Waals surface area contributed by atoms with Crippen molar-refractivity contribution in [3.05, 3.63) is 0 Å². The zero-order valence-corrected chi connectivity index (χ0v) is 61.8. The molecule has 17 nitrogen and oxygen atoms in total. The van der Waals surface area contributed by atoms with Crippen molar-refractivity contribution >= 4 is 39.5 Å². The van der Waals surface area contributed by atoms with Gasteiger partial charge in [0.1, 0.15) is 19.3 Å². The number of phosphoric ester groups is 2. The largest absolute Gasteiger partial charge is 0.472 e. The van der Waals surface area contributed by atoms with Crippen molar-refractivity contribution in [3.63, 3.8) is 0 Å². The molecule has 0 spiro atoms. The molecule has 2 unspecified atom stereocenters. The summed E-state index contributed by atoms with van der Waals surface area (Å²) in [6, 6.07) is 0. The summed E-state index contributed by atoms with van der Waals surface area (Å²) in [6.45, 7) is 11.9. The smallest absolute Gasteiger partial charge is 0.462 e. The van der Waals surface area contributed by atoms with E-state index in [4.69, 9.17) is 37.0 Å². The maximum Gasteiger partial charge on any atom is 0.472 e. The van der Waals surface area contributed by atoms with Crippen LogP contribution < -0.4 is 0 Å². The second-order valence-electron chi connectivity index (χ2n) is 27.8. The molecular formula is C73H142O17P2. The highest BCUT2D eigenvalue weighted by Crippen LogP contribution is 2.45. The van der Waals surface area contributed by atoms with Crippen LogP contribution in [0.1, 0.15) is 370 Å². The molecule has 19 heteroatoms. The van der Waals surface area contributed by atoms with Crippen LogP contribution in [0.25, 0.3) is 0 Å². The molecule has 0 rings (SSSR count). The number of carbonyl (C=O) groups excluding carboxylic acids is 4. The average Bonchev–Trinajstić information content (AvgIpc) is 3.66. The van der Waals surface area contributed by atoms with E-state index in [9.17, 15) is 43.2 Å². The third-order valence-corrected chi connectivity index (χ3v) is 18.8. The molecule has 0 heterocycles. The minimum absolute atomic E-state index is 0.105. The fourth-order valence-corrected chi connectivity index (χ4v) is 12.7. The Morgan fingerprint density at radius 3 is 0.739 bits per heavy atom. The zero-order chi connectivity index (χ0) is 68.0. The summed E-state index contributed by atoms with van der Waals surface area (Å²) in [7, 11) is -9.91. The summed E-state index contributed by atoms with van der Waals surface area (Å²) >= 11 is 0. The van der Waals surface area contributed by atoms with Gasteiger partial charge in [0, 0.05) is 25.7 Å². The van der Waals surface area contributed by atoms with Crippen LogP contribution in [-0.4, -0.2) is 96.7 Å². The van der Waals surface area contributed by atoms with Crippen LogP contribution in [0.2, 0.25) is 0 Å². The molecule has 92 heavy (non-hydrogen) atoms. The van der Waals surface area contributed by atoms with Gasteiger partial charge < -0.3 is 33.8 Å². The van der Waals surface area contributed by atoms with Crippen molar-refractivity contribution < 1.29 is 80.2 Å². The van der Waals surface area contributed by atoms with E-state index in [0.717, 1.165) is 108 Å². The molecular weight excluding hydrogens is 1210 g/mol. The molecule has 0 amide bonds. The van der Waals surface area contributed by atoms with E-state index in [1.165, 1.54) is 180 Å². The van der Waals surface area contributed by atoms with E-state index >= 15 is 0 Å².